The van der Waals surface area contributed by atoms with E-state index in [4.69, 9.17) is 9.47 Å². The van der Waals surface area contributed by atoms with Crippen LogP contribution in [-0.4, -0.2) is 19.2 Å². The number of methoxy groups -OCH3 is 2. The van der Waals surface area contributed by atoms with Crippen molar-refractivity contribution in [3.8, 4) is 22.9 Å². The lowest BCUT2D eigenvalue weighted by atomic mass is 10.1. The second-order valence-corrected chi connectivity index (χ2v) is 6.39. The molecule has 3 rings (SSSR count). The average Bonchev–Trinajstić information content (AvgIpc) is 2.97. The number of aromatic nitrogens is 2. The zero-order valence-corrected chi connectivity index (χ0v) is 14.8. The van der Waals surface area contributed by atoms with Gasteiger partial charge in [-0.3, -0.25) is 0 Å². The standard InChI is InChI=1S/C20H24N2O2/c1-14(2)11-12-22-17-8-6-5-7-16(17)21-20(22)15-9-10-18(23-3)19(13-15)24-4/h5-10,13-14H,11-12H2,1-4H3/p+1. The van der Waals surface area contributed by atoms with Gasteiger partial charge in [-0.2, -0.15) is 0 Å². The van der Waals surface area contributed by atoms with Crippen molar-refractivity contribution in [2.75, 3.05) is 14.2 Å². The number of H-pyrrole nitrogens is 1. The largest absolute Gasteiger partial charge is 0.493 e. The Balaban J connectivity index is 2.12. The number of nitrogens with one attached hydrogen (secondary N) is 1. The normalized spacial score (nSPS) is 11.2. The van der Waals surface area contributed by atoms with Crippen LogP contribution in [0.2, 0.25) is 0 Å². The van der Waals surface area contributed by atoms with E-state index >= 15 is 0 Å². The van der Waals surface area contributed by atoms with Gasteiger partial charge in [-0.1, -0.05) is 26.0 Å². The fourth-order valence-electron chi connectivity index (χ4n) is 2.96. The summed E-state index contributed by atoms with van der Waals surface area (Å²) in [6.07, 6.45) is 1.13. The molecule has 0 spiro atoms. The number of hydrogen-bond acceptors (Lipinski definition) is 2. The van der Waals surface area contributed by atoms with E-state index in [9.17, 15) is 0 Å². The molecule has 0 aliphatic heterocycles. The summed E-state index contributed by atoms with van der Waals surface area (Å²) in [6, 6.07) is 14.5. The number of aromatic amines is 1. The second kappa shape index (κ2) is 6.95. The molecule has 24 heavy (non-hydrogen) atoms. The topological polar surface area (TPSA) is 38.1 Å². The third-order valence-electron chi connectivity index (χ3n) is 4.30. The molecule has 0 saturated heterocycles. The molecule has 4 heteroatoms. The quantitative estimate of drug-likeness (QED) is 0.690. The SMILES string of the molecule is COc1ccc(-c2[nH]c3ccccc3[n+]2CCC(C)C)cc1OC. The summed E-state index contributed by atoms with van der Waals surface area (Å²) in [5.74, 6) is 3.23. The van der Waals surface area contributed by atoms with Crippen molar-refractivity contribution in [3.63, 3.8) is 0 Å². The molecule has 0 aliphatic rings. The molecule has 1 heterocycles. The molecular formula is C20H25N2O2+. The lowest BCUT2D eigenvalue weighted by molar-refractivity contribution is -0.661. The van der Waals surface area contributed by atoms with Gasteiger partial charge in [0.25, 0.3) is 5.82 Å². The van der Waals surface area contributed by atoms with Crippen molar-refractivity contribution in [2.24, 2.45) is 5.92 Å². The number of benzene rings is 2. The molecule has 0 bridgehead atoms. The molecule has 1 N–H and O–H groups in total. The number of fused-ring (bicyclic) bond motifs is 1. The number of aryl methyl sites for hydroxylation is 1. The van der Waals surface area contributed by atoms with Gasteiger partial charge < -0.3 is 9.47 Å². The first-order valence-electron chi connectivity index (χ1n) is 8.37. The Morgan fingerprint density at radius 1 is 1.00 bits per heavy atom. The van der Waals surface area contributed by atoms with Crippen LogP contribution in [0.25, 0.3) is 22.4 Å². The van der Waals surface area contributed by atoms with Crippen LogP contribution in [0, 0.1) is 5.92 Å². The van der Waals surface area contributed by atoms with Crippen LogP contribution in [0.4, 0.5) is 0 Å². The van der Waals surface area contributed by atoms with Gasteiger partial charge in [0.15, 0.2) is 22.5 Å². The van der Waals surface area contributed by atoms with Crippen LogP contribution >= 0.6 is 0 Å². The van der Waals surface area contributed by atoms with E-state index in [1.54, 1.807) is 14.2 Å². The molecule has 0 unspecified atom stereocenters. The summed E-state index contributed by atoms with van der Waals surface area (Å²) >= 11 is 0. The second-order valence-electron chi connectivity index (χ2n) is 6.39. The Labute approximate surface area is 143 Å². The molecule has 4 nitrogen and oxygen atoms in total. The minimum atomic E-state index is 0.657. The van der Waals surface area contributed by atoms with Gasteiger partial charge in [0.1, 0.15) is 0 Å². The molecule has 0 fully saturated rings. The van der Waals surface area contributed by atoms with Crippen molar-refractivity contribution in [1.29, 1.82) is 0 Å². The third-order valence-corrected chi connectivity index (χ3v) is 4.30. The van der Waals surface area contributed by atoms with E-state index in [-0.39, 0.29) is 0 Å². The van der Waals surface area contributed by atoms with Crippen molar-refractivity contribution >= 4 is 11.0 Å². The molecule has 0 saturated carbocycles. The summed E-state index contributed by atoms with van der Waals surface area (Å²) in [5, 5.41) is 0. The monoisotopic (exact) mass is 325 g/mol. The lowest BCUT2D eigenvalue weighted by Crippen LogP contribution is -2.35. The van der Waals surface area contributed by atoms with Crippen molar-refractivity contribution in [3.05, 3.63) is 42.5 Å². The van der Waals surface area contributed by atoms with Crippen molar-refractivity contribution < 1.29 is 14.0 Å². The van der Waals surface area contributed by atoms with Gasteiger partial charge in [0, 0.05) is 0 Å². The minimum absolute atomic E-state index is 0.657. The van der Waals surface area contributed by atoms with E-state index in [1.807, 2.05) is 12.1 Å². The molecule has 0 radical (unpaired) electrons. The highest BCUT2D eigenvalue weighted by molar-refractivity contribution is 5.75. The number of ether oxygens (including phenoxy) is 2. The molecule has 1 aromatic heterocycles. The fourth-order valence-corrected chi connectivity index (χ4v) is 2.96. The Bertz CT molecular complexity index is 837. The van der Waals surface area contributed by atoms with Gasteiger partial charge in [0.2, 0.25) is 0 Å². The number of para-hydroxylation sites is 2. The summed E-state index contributed by atoms with van der Waals surface area (Å²) in [4.78, 5) is 3.56. The van der Waals surface area contributed by atoms with Crippen LogP contribution in [0.15, 0.2) is 42.5 Å². The predicted molar refractivity (Wildman–Crippen MR) is 96.5 cm³/mol. The third kappa shape index (κ3) is 3.09. The molecule has 2 aromatic carbocycles. The van der Waals surface area contributed by atoms with Crippen LogP contribution in [-0.2, 0) is 6.54 Å². The van der Waals surface area contributed by atoms with Crippen molar-refractivity contribution in [1.82, 2.24) is 4.98 Å². The Hall–Kier alpha value is -2.49. The van der Waals surface area contributed by atoms with Gasteiger partial charge in [0.05, 0.1) is 26.3 Å². The average molecular weight is 325 g/mol. The molecule has 3 aromatic rings. The first-order valence-corrected chi connectivity index (χ1v) is 8.37. The number of rotatable bonds is 6. The first kappa shape index (κ1) is 16.4. The van der Waals surface area contributed by atoms with Crippen LogP contribution in [0.5, 0.6) is 11.5 Å². The van der Waals surface area contributed by atoms with Gasteiger partial charge in [-0.15, -0.1) is 0 Å². The summed E-state index contributed by atoms with van der Waals surface area (Å²) in [7, 11) is 3.32. The summed E-state index contributed by atoms with van der Waals surface area (Å²) < 4.78 is 13.2. The Morgan fingerprint density at radius 2 is 1.75 bits per heavy atom. The number of nitrogens with zero attached hydrogens (tertiary/aromatic N) is 1. The van der Waals surface area contributed by atoms with Crippen molar-refractivity contribution in [2.45, 2.75) is 26.8 Å². The maximum absolute atomic E-state index is 5.46. The highest BCUT2D eigenvalue weighted by atomic mass is 16.5. The number of imidazole rings is 1. The Morgan fingerprint density at radius 3 is 2.46 bits per heavy atom. The predicted octanol–water partition coefficient (Wildman–Crippen LogP) is 4.19. The zero-order valence-electron chi connectivity index (χ0n) is 14.8. The zero-order chi connectivity index (χ0) is 17.1. The van der Waals surface area contributed by atoms with E-state index in [0.717, 1.165) is 41.4 Å². The number of hydrogen-bond donors (Lipinski definition) is 1. The highest BCUT2D eigenvalue weighted by Gasteiger charge is 2.21. The summed E-state index contributed by atoms with van der Waals surface area (Å²) in [5.41, 5.74) is 3.46. The molecule has 126 valence electrons. The van der Waals surface area contributed by atoms with Gasteiger partial charge in [-0.25, -0.2) is 9.55 Å². The fraction of sp³-hybridized carbons (Fsp3) is 0.350. The van der Waals surface area contributed by atoms with Gasteiger partial charge in [-0.05, 0) is 42.7 Å². The molecule has 0 atom stereocenters. The summed E-state index contributed by atoms with van der Waals surface area (Å²) in [6.45, 7) is 5.49. The van der Waals surface area contributed by atoms with E-state index in [1.165, 1.54) is 5.52 Å². The minimum Gasteiger partial charge on any atom is -0.493 e. The molecule has 0 aliphatic carbocycles. The highest BCUT2D eigenvalue weighted by Crippen LogP contribution is 2.31. The van der Waals surface area contributed by atoms with Crippen LogP contribution in [0.3, 0.4) is 0 Å². The van der Waals surface area contributed by atoms with E-state index in [0.29, 0.717) is 5.92 Å². The molecular weight excluding hydrogens is 300 g/mol. The maximum Gasteiger partial charge on any atom is 0.287 e. The Kier molecular flexibility index (Phi) is 4.74. The van der Waals surface area contributed by atoms with Crippen LogP contribution < -0.4 is 14.0 Å². The maximum atomic E-state index is 5.46. The van der Waals surface area contributed by atoms with E-state index < -0.39 is 0 Å². The lowest BCUT2D eigenvalue weighted by Gasteiger charge is -2.09. The van der Waals surface area contributed by atoms with Crippen LogP contribution in [0.1, 0.15) is 20.3 Å². The smallest absolute Gasteiger partial charge is 0.287 e. The van der Waals surface area contributed by atoms with Gasteiger partial charge >= 0.3 is 0 Å². The first-order chi connectivity index (χ1) is 11.6. The molecule has 0 amide bonds. The van der Waals surface area contributed by atoms with E-state index in [2.05, 4.69) is 53.7 Å².